The molecular weight excluding hydrogens is 207 g/mol. The number of hydrogen-bond acceptors (Lipinski definition) is 0. The minimum absolute atomic E-state index is 0.556. The van der Waals surface area contributed by atoms with Crippen molar-refractivity contribution in [1.29, 1.82) is 0 Å². The van der Waals surface area contributed by atoms with Gasteiger partial charge in [0.05, 0.1) is 0 Å². The van der Waals surface area contributed by atoms with Gasteiger partial charge >= 0.3 is 35.6 Å². The van der Waals surface area contributed by atoms with Gasteiger partial charge in [0.25, 0.3) is 0 Å². The average Bonchev–Trinajstić information content (AvgIpc) is 1.91. The summed E-state index contributed by atoms with van der Waals surface area (Å²) in [7, 11) is 13.4. The van der Waals surface area contributed by atoms with Gasteiger partial charge in [-0.05, 0) is 0 Å². The van der Waals surface area contributed by atoms with E-state index >= 15 is 0 Å². The Morgan fingerprint density at radius 2 is 1.40 bits per heavy atom. The van der Waals surface area contributed by atoms with Crippen molar-refractivity contribution in [1.82, 2.24) is 0 Å². The van der Waals surface area contributed by atoms with Crippen LogP contribution in [-0.2, 0) is 17.0 Å². The molecule has 0 N–H and O–H groups in total. The quantitative estimate of drug-likeness (QED) is 0.513. The molecule has 0 bridgehead atoms. The maximum absolute atomic E-state index is 4.89. The van der Waals surface area contributed by atoms with E-state index in [1.54, 1.807) is 0 Å². The van der Waals surface area contributed by atoms with E-state index in [0.29, 0.717) is 0 Å². The molecule has 0 saturated carbocycles. The summed E-state index contributed by atoms with van der Waals surface area (Å²) in [5.41, 5.74) is 0. The van der Waals surface area contributed by atoms with Gasteiger partial charge in [-0.1, -0.05) is 6.42 Å². The molecule has 0 radical (unpaired) electrons. The zero-order valence-corrected chi connectivity index (χ0v) is 9.35. The predicted octanol–water partition coefficient (Wildman–Crippen LogP) is 2.76. The van der Waals surface area contributed by atoms with Crippen LogP contribution >= 0.6 is 18.6 Å². The third-order valence-corrected chi connectivity index (χ3v) is 0.763. The summed E-state index contributed by atoms with van der Waals surface area (Å²) in [6.07, 6.45) is 1.10. The topological polar surface area (TPSA) is 28.2 Å². The third-order valence-electron chi connectivity index (χ3n) is 0.763. The molecule has 0 fully saturated rings. The van der Waals surface area contributed by atoms with Crippen molar-refractivity contribution in [2.75, 3.05) is 27.2 Å². The van der Waals surface area contributed by atoms with Crippen molar-refractivity contribution in [3.05, 3.63) is 10.6 Å². The maximum atomic E-state index is 4.89. The first-order chi connectivity index (χ1) is 4.83. The third kappa shape index (κ3) is 22.9. The van der Waals surface area contributed by atoms with Crippen LogP contribution in [0.25, 0.3) is 10.6 Å². The van der Waals surface area contributed by atoms with Gasteiger partial charge in [0.15, 0.2) is 0 Å². The summed E-state index contributed by atoms with van der Waals surface area (Å²) in [4.78, 5) is 0. The normalized spacial score (nSPS) is 8.00. The molecule has 0 atom stereocenters. The summed E-state index contributed by atoms with van der Waals surface area (Å²) < 4.78 is 0. The fourth-order valence-corrected chi connectivity index (χ4v) is 0.387. The van der Waals surface area contributed by atoms with Crippen molar-refractivity contribution in [2.45, 2.75) is 6.42 Å². The second-order valence-electron chi connectivity index (χ2n) is 1.50. The van der Waals surface area contributed by atoms with E-state index in [0.717, 1.165) is 19.5 Å². The van der Waals surface area contributed by atoms with Crippen molar-refractivity contribution in [2.24, 2.45) is 0 Å². The Morgan fingerprint density at radius 3 is 1.60 bits per heavy atom. The number of halogens is 2. The summed E-state index contributed by atoms with van der Waals surface area (Å²) in [5.74, 6) is 0. The minimum atomic E-state index is -0.556. The van der Waals surface area contributed by atoms with Crippen LogP contribution < -0.4 is 0 Å². The van der Waals surface area contributed by atoms with Crippen molar-refractivity contribution < 1.29 is 17.0 Å². The number of nitrogens with zero attached hydrogens (tertiary/aromatic N) is 2. The Labute approximate surface area is 79.7 Å². The van der Waals surface area contributed by atoms with Crippen molar-refractivity contribution in [3.8, 4) is 0 Å². The molecule has 0 aliphatic heterocycles. The van der Waals surface area contributed by atoms with E-state index in [1.165, 1.54) is 0 Å². The predicted molar refractivity (Wildman–Crippen MR) is 44.6 cm³/mol. The van der Waals surface area contributed by atoms with Crippen LogP contribution in [-0.4, -0.2) is 27.2 Å². The van der Waals surface area contributed by atoms with Gasteiger partial charge in [0, 0.05) is 0 Å². The van der Waals surface area contributed by atoms with Gasteiger partial charge in [-0.25, -0.2) is 0 Å². The van der Waals surface area contributed by atoms with E-state index in [1.807, 2.05) is 14.1 Å². The van der Waals surface area contributed by atoms with Gasteiger partial charge in [-0.3, -0.25) is 0 Å². The van der Waals surface area contributed by atoms with E-state index in [4.69, 9.17) is 18.6 Å². The molecule has 0 unspecified atom stereocenters. The first-order valence-electron chi connectivity index (χ1n) is 2.90. The molecule has 0 aliphatic carbocycles. The van der Waals surface area contributed by atoms with Crippen molar-refractivity contribution >= 4 is 18.6 Å². The average molecular weight is 219 g/mol. The van der Waals surface area contributed by atoms with Crippen LogP contribution in [0.3, 0.4) is 0 Å². The Morgan fingerprint density at radius 1 is 1.10 bits per heavy atom. The molecule has 0 spiro atoms. The Kier molecular flexibility index (Phi) is 23.0. The van der Waals surface area contributed by atoms with Crippen LogP contribution in [0.5, 0.6) is 0 Å². The van der Waals surface area contributed by atoms with Crippen LogP contribution in [0.15, 0.2) is 0 Å². The SMILES string of the molecule is C[N-]CCC[N-]C.[Cl][Ti][Cl]. The fourth-order valence-electron chi connectivity index (χ4n) is 0.387. The zero-order valence-electron chi connectivity index (χ0n) is 6.27. The number of hydrogen-bond donors (Lipinski definition) is 0. The summed E-state index contributed by atoms with van der Waals surface area (Å²) in [6.45, 7) is 1.91. The number of rotatable bonds is 4. The molecule has 10 heavy (non-hydrogen) atoms. The van der Waals surface area contributed by atoms with Crippen LogP contribution in [0, 0.1) is 0 Å². The molecule has 0 amide bonds. The molecule has 0 saturated heterocycles. The molecule has 0 aromatic rings. The molecule has 0 aromatic heterocycles. The summed E-state index contributed by atoms with van der Waals surface area (Å²) in [6, 6.07) is 0. The van der Waals surface area contributed by atoms with Gasteiger partial charge in [0.2, 0.25) is 0 Å². The standard InChI is InChI=1S/C5H12N2.2ClH.Ti/c1-6-4-3-5-7-2;;;/h3-5H2,1-2H3;2*1H;/q-2;;;+2/p-2. The summed E-state index contributed by atoms with van der Waals surface area (Å²) >= 11 is -0.556. The molecule has 0 aliphatic rings. The van der Waals surface area contributed by atoms with E-state index in [9.17, 15) is 0 Å². The van der Waals surface area contributed by atoms with E-state index in [2.05, 4.69) is 10.6 Å². The van der Waals surface area contributed by atoms with E-state index in [-0.39, 0.29) is 0 Å². The van der Waals surface area contributed by atoms with Gasteiger partial charge in [0.1, 0.15) is 0 Å². The molecular formula is C5H12Cl2N2Ti-2. The van der Waals surface area contributed by atoms with Crippen LogP contribution in [0.1, 0.15) is 6.42 Å². The Hall–Kier alpha value is 1.21. The van der Waals surface area contributed by atoms with Crippen LogP contribution in [0.4, 0.5) is 0 Å². The molecule has 5 heteroatoms. The van der Waals surface area contributed by atoms with Crippen molar-refractivity contribution in [3.63, 3.8) is 0 Å². The van der Waals surface area contributed by atoms with Gasteiger partial charge in [-0.2, -0.15) is 27.2 Å². The van der Waals surface area contributed by atoms with Gasteiger partial charge in [-0.15, -0.1) is 0 Å². The first kappa shape index (κ1) is 13.8. The Bertz CT molecular complexity index is 44.6. The molecule has 0 heterocycles. The van der Waals surface area contributed by atoms with Gasteiger partial charge < -0.3 is 10.6 Å². The zero-order chi connectivity index (χ0) is 8.24. The molecule has 62 valence electrons. The monoisotopic (exact) mass is 218 g/mol. The first-order valence-corrected chi connectivity index (χ1v) is 7.20. The molecule has 0 aromatic carbocycles. The summed E-state index contributed by atoms with van der Waals surface area (Å²) in [5, 5.41) is 7.83. The van der Waals surface area contributed by atoms with E-state index < -0.39 is 17.0 Å². The molecule has 2 nitrogen and oxygen atoms in total. The molecule has 0 rings (SSSR count). The second kappa shape index (κ2) is 16.7. The van der Waals surface area contributed by atoms with Crippen LogP contribution in [0.2, 0.25) is 0 Å². The second-order valence-corrected chi connectivity index (χ2v) is 4.08. The Balaban J connectivity index is 0. The fraction of sp³-hybridized carbons (Fsp3) is 1.00.